The Morgan fingerprint density at radius 3 is 2.82 bits per heavy atom. The Morgan fingerprint density at radius 1 is 1.18 bits per heavy atom. The molecule has 0 bridgehead atoms. The highest BCUT2D eigenvalue weighted by Gasteiger charge is 2.31. The van der Waals surface area contributed by atoms with Gasteiger partial charge in [-0.15, -0.1) is 0 Å². The minimum absolute atomic E-state index is 0.140. The Bertz CT molecular complexity index is 728. The average Bonchev–Trinajstić information content (AvgIpc) is 3.27. The lowest BCUT2D eigenvalue weighted by Gasteiger charge is -2.42. The number of nitrogens with zero attached hydrogens (tertiary/aromatic N) is 3. The lowest BCUT2D eigenvalue weighted by molar-refractivity contribution is -0.127. The zero-order valence-electron chi connectivity index (χ0n) is 16.4. The van der Waals surface area contributed by atoms with E-state index in [1.54, 1.807) is 11.3 Å². The Labute approximate surface area is 171 Å². The van der Waals surface area contributed by atoms with Crippen LogP contribution in [0.15, 0.2) is 41.4 Å². The summed E-state index contributed by atoms with van der Waals surface area (Å²) in [6.07, 6.45) is 8.35. The molecule has 6 heteroatoms. The fourth-order valence-electron chi connectivity index (χ4n) is 4.47. The highest BCUT2D eigenvalue weighted by atomic mass is 32.1. The van der Waals surface area contributed by atoms with Gasteiger partial charge in [-0.2, -0.15) is 11.3 Å². The number of aromatic nitrogens is 1. The summed E-state index contributed by atoms with van der Waals surface area (Å²) in [5, 5.41) is 7.30. The van der Waals surface area contributed by atoms with Crippen molar-refractivity contribution >= 4 is 17.2 Å². The summed E-state index contributed by atoms with van der Waals surface area (Å²) in [6.45, 7) is 5.97. The van der Waals surface area contributed by atoms with Gasteiger partial charge in [-0.25, -0.2) is 0 Å². The van der Waals surface area contributed by atoms with Crippen LogP contribution in [-0.2, 0) is 17.9 Å². The normalized spacial score (nSPS) is 22.2. The van der Waals surface area contributed by atoms with Gasteiger partial charge in [-0.3, -0.25) is 19.6 Å². The van der Waals surface area contributed by atoms with Crippen LogP contribution in [-0.4, -0.2) is 52.9 Å². The second kappa shape index (κ2) is 9.63. The topological polar surface area (TPSA) is 48.5 Å². The second-order valence-corrected chi connectivity index (χ2v) is 8.83. The number of hydrogen-bond donors (Lipinski definition) is 1. The van der Waals surface area contributed by atoms with Crippen molar-refractivity contribution in [2.45, 2.75) is 44.8 Å². The third-order valence-electron chi connectivity index (χ3n) is 6.07. The molecule has 0 radical (unpaired) electrons. The van der Waals surface area contributed by atoms with E-state index in [0.29, 0.717) is 12.6 Å². The van der Waals surface area contributed by atoms with E-state index < -0.39 is 0 Å². The van der Waals surface area contributed by atoms with Gasteiger partial charge in [0.05, 0.1) is 5.92 Å². The maximum Gasteiger partial charge on any atom is 0.224 e. The summed E-state index contributed by atoms with van der Waals surface area (Å²) in [5.74, 6) is 0.366. The summed E-state index contributed by atoms with van der Waals surface area (Å²) in [4.78, 5) is 22.0. The number of nitrogens with one attached hydrogen (secondary N) is 1. The molecule has 2 fully saturated rings. The number of carbonyl (C=O) groups excluding carboxylic acids is 1. The summed E-state index contributed by atoms with van der Waals surface area (Å²) < 4.78 is 0. The van der Waals surface area contributed by atoms with Gasteiger partial charge < -0.3 is 5.32 Å². The molecule has 2 aliphatic heterocycles. The number of piperidine rings is 2. The molecule has 0 aromatic carbocycles. The Hall–Kier alpha value is -1.76. The molecule has 1 unspecified atom stereocenters. The van der Waals surface area contributed by atoms with Crippen molar-refractivity contribution < 1.29 is 4.79 Å². The number of hydrogen-bond acceptors (Lipinski definition) is 5. The maximum absolute atomic E-state index is 12.6. The summed E-state index contributed by atoms with van der Waals surface area (Å²) in [7, 11) is 0. The van der Waals surface area contributed by atoms with Crippen LogP contribution < -0.4 is 5.32 Å². The quantitative estimate of drug-likeness (QED) is 0.812. The Kier molecular flexibility index (Phi) is 6.73. The van der Waals surface area contributed by atoms with Gasteiger partial charge >= 0.3 is 0 Å². The van der Waals surface area contributed by atoms with E-state index in [9.17, 15) is 4.79 Å². The fraction of sp³-hybridized carbons (Fsp3) is 0.545. The number of thiophene rings is 1. The SMILES string of the molecule is O=C(NCc1ccsc1)C1CCCN(C2CCN(Cc3cccnc3)CC2)C1. The van der Waals surface area contributed by atoms with Crippen molar-refractivity contribution in [2.75, 3.05) is 26.2 Å². The fourth-order valence-corrected chi connectivity index (χ4v) is 5.14. The van der Waals surface area contributed by atoms with E-state index in [1.807, 2.05) is 18.5 Å². The van der Waals surface area contributed by atoms with Gasteiger partial charge in [0.15, 0.2) is 0 Å². The molecule has 1 atom stereocenters. The van der Waals surface area contributed by atoms with Crippen LogP contribution in [0.2, 0.25) is 0 Å². The molecule has 5 nitrogen and oxygen atoms in total. The van der Waals surface area contributed by atoms with Gasteiger partial charge in [0.25, 0.3) is 0 Å². The van der Waals surface area contributed by atoms with Crippen LogP contribution >= 0.6 is 11.3 Å². The van der Waals surface area contributed by atoms with Gasteiger partial charge in [0.1, 0.15) is 0 Å². The number of likely N-dealkylation sites (tertiary alicyclic amines) is 2. The van der Waals surface area contributed by atoms with Crippen molar-refractivity contribution in [3.63, 3.8) is 0 Å². The third kappa shape index (κ3) is 5.19. The van der Waals surface area contributed by atoms with E-state index in [2.05, 4.69) is 43.0 Å². The van der Waals surface area contributed by atoms with Gasteiger partial charge in [0.2, 0.25) is 5.91 Å². The molecule has 4 rings (SSSR count). The number of carbonyl (C=O) groups is 1. The average molecular weight is 399 g/mol. The van der Waals surface area contributed by atoms with Crippen LogP contribution in [0.4, 0.5) is 0 Å². The van der Waals surface area contributed by atoms with Crippen molar-refractivity contribution in [3.8, 4) is 0 Å². The van der Waals surface area contributed by atoms with Crippen molar-refractivity contribution in [3.05, 3.63) is 52.5 Å². The molecular weight excluding hydrogens is 368 g/mol. The Balaban J connectivity index is 1.23. The lowest BCUT2D eigenvalue weighted by Crippen LogP contribution is -2.50. The predicted molar refractivity (Wildman–Crippen MR) is 113 cm³/mol. The molecule has 1 N–H and O–H groups in total. The first-order valence-electron chi connectivity index (χ1n) is 10.4. The Morgan fingerprint density at radius 2 is 2.07 bits per heavy atom. The van der Waals surface area contributed by atoms with Gasteiger partial charge in [-0.1, -0.05) is 6.07 Å². The first-order chi connectivity index (χ1) is 13.8. The van der Waals surface area contributed by atoms with Crippen molar-refractivity contribution in [2.24, 2.45) is 5.92 Å². The number of pyridine rings is 1. The van der Waals surface area contributed by atoms with Crippen LogP contribution in [0.5, 0.6) is 0 Å². The highest BCUT2D eigenvalue weighted by molar-refractivity contribution is 7.07. The van der Waals surface area contributed by atoms with E-state index in [0.717, 1.165) is 45.6 Å². The van der Waals surface area contributed by atoms with E-state index in [4.69, 9.17) is 0 Å². The molecule has 4 heterocycles. The molecule has 28 heavy (non-hydrogen) atoms. The van der Waals surface area contributed by atoms with Crippen molar-refractivity contribution in [1.29, 1.82) is 0 Å². The molecule has 1 amide bonds. The molecule has 2 aliphatic rings. The predicted octanol–water partition coefficient (Wildman–Crippen LogP) is 3.14. The molecule has 2 aromatic heterocycles. The first kappa shape index (κ1) is 19.6. The minimum atomic E-state index is 0.140. The summed E-state index contributed by atoms with van der Waals surface area (Å²) in [5.41, 5.74) is 2.49. The van der Waals surface area contributed by atoms with Gasteiger partial charge in [-0.05, 0) is 79.3 Å². The minimum Gasteiger partial charge on any atom is -0.352 e. The molecule has 0 saturated carbocycles. The largest absolute Gasteiger partial charge is 0.352 e. The molecule has 2 aromatic rings. The third-order valence-corrected chi connectivity index (χ3v) is 6.80. The van der Waals surface area contributed by atoms with Gasteiger partial charge in [0, 0.05) is 38.1 Å². The van der Waals surface area contributed by atoms with Crippen LogP contribution in [0.25, 0.3) is 0 Å². The molecule has 2 saturated heterocycles. The monoisotopic (exact) mass is 398 g/mol. The lowest BCUT2D eigenvalue weighted by atomic mass is 9.93. The molecule has 0 spiro atoms. The smallest absolute Gasteiger partial charge is 0.224 e. The van der Waals surface area contributed by atoms with Crippen molar-refractivity contribution in [1.82, 2.24) is 20.1 Å². The summed E-state index contributed by atoms with van der Waals surface area (Å²) >= 11 is 1.68. The molecular formula is C22H30N4OS. The zero-order chi connectivity index (χ0) is 19.2. The van der Waals surface area contributed by atoms with E-state index in [1.165, 1.54) is 24.0 Å². The number of rotatable bonds is 6. The first-order valence-corrected chi connectivity index (χ1v) is 11.4. The zero-order valence-corrected chi connectivity index (χ0v) is 17.2. The van der Waals surface area contributed by atoms with E-state index >= 15 is 0 Å². The standard InChI is InChI=1S/C22H30N4OS/c27-22(24-14-19-7-12-28-17-19)20-4-2-9-26(16-20)21-5-10-25(11-6-21)15-18-3-1-8-23-13-18/h1,3,7-8,12-13,17,20-21H,2,4-6,9-11,14-16H2,(H,24,27). The molecule has 0 aliphatic carbocycles. The highest BCUT2D eigenvalue weighted by Crippen LogP contribution is 2.24. The molecule has 150 valence electrons. The summed E-state index contributed by atoms with van der Waals surface area (Å²) in [6, 6.07) is 6.87. The van der Waals surface area contributed by atoms with E-state index in [-0.39, 0.29) is 11.8 Å². The number of amides is 1. The van der Waals surface area contributed by atoms with Crippen LogP contribution in [0, 0.1) is 5.92 Å². The van der Waals surface area contributed by atoms with Crippen LogP contribution in [0.3, 0.4) is 0 Å². The van der Waals surface area contributed by atoms with Crippen LogP contribution in [0.1, 0.15) is 36.8 Å². The maximum atomic E-state index is 12.6. The second-order valence-electron chi connectivity index (χ2n) is 8.05.